The van der Waals surface area contributed by atoms with Crippen molar-refractivity contribution in [2.75, 3.05) is 13.7 Å². The Balaban J connectivity index is 2.68. The molecule has 1 aliphatic rings. The van der Waals surface area contributed by atoms with Crippen molar-refractivity contribution in [3.8, 4) is 0 Å². The highest BCUT2D eigenvalue weighted by Gasteiger charge is 2.38. The molecule has 0 radical (unpaired) electrons. The number of nitrogens with zero attached hydrogens (tertiary/aromatic N) is 1. The second-order valence-corrected chi connectivity index (χ2v) is 3.55. The van der Waals surface area contributed by atoms with Crippen molar-refractivity contribution in [3.05, 3.63) is 0 Å². The largest absolute Gasteiger partial charge is 0.469 e. The lowest BCUT2D eigenvalue weighted by Crippen LogP contribution is -2.43. The lowest BCUT2D eigenvalue weighted by Gasteiger charge is -2.21. The number of carbonyl (C=O) groups excluding carboxylic acids is 3. The van der Waals surface area contributed by atoms with Crippen LogP contribution < -0.4 is 5.73 Å². The maximum absolute atomic E-state index is 11.5. The minimum Gasteiger partial charge on any atom is -0.469 e. The third-order valence-electron chi connectivity index (χ3n) is 2.57. The van der Waals surface area contributed by atoms with Crippen LogP contribution in [-0.4, -0.2) is 42.4 Å². The van der Waals surface area contributed by atoms with Crippen molar-refractivity contribution in [1.29, 1.82) is 0 Å². The monoisotopic (exact) mass is 214 g/mol. The number of ether oxygens (including phenoxy) is 1. The summed E-state index contributed by atoms with van der Waals surface area (Å²) in [5.74, 6) is -1.72. The topological polar surface area (TPSA) is 89.7 Å². The standard InChI is InChI=1S/C9H14N2O4/c1-5(8(10)13)11-4-6(3-7(11)12)9(14)15-2/h5-6H,3-4H2,1-2H3,(H2,10,13). The summed E-state index contributed by atoms with van der Waals surface area (Å²) in [6, 6.07) is -0.674. The van der Waals surface area contributed by atoms with E-state index in [0.717, 1.165) is 0 Å². The summed E-state index contributed by atoms with van der Waals surface area (Å²) >= 11 is 0. The molecule has 2 amide bonds. The Kier molecular flexibility index (Phi) is 3.28. The molecule has 0 aliphatic carbocycles. The fourth-order valence-corrected chi connectivity index (χ4v) is 1.58. The summed E-state index contributed by atoms with van der Waals surface area (Å²) in [7, 11) is 1.27. The van der Waals surface area contributed by atoms with E-state index >= 15 is 0 Å². The third-order valence-corrected chi connectivity index (χ3v) is 2.57. The first-order valence-corrected chi connectivity index (χ1v) is 4.64. The number of rotatable bonds is 3. The van der Waals surface area contributed by atoms with Gasteiger partial charge in [-0.2, -0.15) is 0 Å². The zero-order chi connectivity index (χ0) is 11.6. The Morgan fingerprint density at radius 1 is 1.60 bits per heavy atom. The Morgan fingerprint density at radius 2 is 2.20 bits per heavy atom. The zero-order valence-electron chi connectivity index (χ0n) is 8.73. The Morgan fingerprint density at radius 3 is 2.67 bits per heavy atom. The number of hydrogen-bond acceptors (Lipinski definition) is 4. The number of nitrogens with two attached hydrogens (primary N) is 1. The molecule has 0 aromatic heterocycles. The molecule has 2 atom stereocenters. The second kappa shape index (κ2) is 4.29. The van der Waals surface area contributed by atoms with Crippen LogP contribution in [0.3, 0.4) is 0 Å². The molecule has 1 saturated heterocycles. The molecule has 2 N–H and O–H groups in total. The number of methoxy groups -OCH3 is 1. The van der Waals surface area contributed by atoms with Gasteiger partial charge in [0, 0.05) is 13.0 Å². The number of likely N-dealkylation sites (tertiary alicyclic amines) is 1. The van der Waals surface area contributed by atoms with Gasteiger partial charge < -0.3 is 15.4 Å². The molecule has 1 rings (SSSR count). The van der Waals surface area contributed by atoms with Gasteiger partial charge in [-0.15, -0.1) is 0 Å². The van der Waals surface area contributed by atoms with E-state index in [2.05, 4.69) is 4.74 Å². The number of primary amides is 1. The van der Waals surface area contributed by atoms with E-state index in [9.17, 15) is 14.4 Å². The summed E-state index contributed by atoms with van der Waals surface area (Å²) in [6.07, 6.45) is 0.0876. The van der Waals surface area contributed by atoms with E-state index in [4.69, 9.17) is 5.73 Å². The minimum absolute atomic E-state index is 0.0876. The molecule has 0 aromatic carbocycles. The molecule has 6 heteroatoms. The molecule has 84 valence electrons. The summed E-state index contributed by atoms with van der Waals surface area (Å²) in [6.45, 7) is 1.75. The van der Waals surface area contributed by atoms with Gasteiger partial charge in [-0.1, -0.05) is 0 Å². The normalized spacial score (nSPS) is 22.7. The van der Waals surface area contributed by atoms with Crippen LogP contribution in [0.25, 0.3) is 0 Å². The van der Waals surface area contributed by atoms with Gasteiger partial charge in [-0.3, -0.25) is 14.4 Å². The average Bonchev–Trinajstić information content (AvgIpc) is 2.57. The number of esters is 1. The molecule has 0 aromatic rings. The van der Waals surface area contributed by atoms with Gasteiger partial charge in [0.25, 0.3) is 0 Å². The lowest BCUT2D eigenvalue weighted by atomic mass is 10.1. The van der Waals surface area contributed by atoms with Crippen LogP contribution in [0, 0.1) is 5.92 Å². The first-order valence-electron chi connectivity index (χ1n) is 4.64. The number of hydrogen-bond donors (Lipinski definition) is 1. The minimum atomic E-state index is -0.674. The van der Waals surface area contributed by atoms with Gasteiger partial charge in [0.1, 0.15) is 6.04 Å². The van der Waals surface area contributed by atoms with Gasteiger partial charge in [0.15, 0.2) is 0 Å². The molecule has 1 aliphatic heterocycles. The molecular formula is C9H14N2O4. The van der Waals surface area contributed by atoms with E-state index in [0.29, 0.717) is 0 Å². The van der Waals surface area contributed by atoms with Crippen LogP contribution in [0.5, 0.6) is 0 Å². The quantitative estimate of drug-likeness (QED) is 0.603. The fraction of sp³-hybridized carbons (Fsp3) is 0.667. The van der Waals surface area contributed by atoms with Crippen LogP contribution in [0.1, 0.15) is 13.3 Å². The van der Waals surface area contributed by atoms with E-state index < -0.39 is 23.8 Å². The van der Waals surface area contributed by atoms with Crippen molar-refractivity contribution in [2.45, 2.75) is 19.4 Å². The number of amides is 2. The van der Waals surface area contributed by atoms with Crippen molar-refractivity contribution < 1.29 is 19.1 Å². The van der Waals surface area contributed by atoms with Gasteiger partial charge in [-0.05, 0) is 6.92 Å². The third kappa shape index (κ3) is 2.26. The van der Waals surface area contributed by atoms with Crippen molar-refractivity contribution >= 4 is 17.8 Å². The molecule has 15 heavy (non-hydrogen) atoms. The molecular weight excluding hydrogens is 200 g/mol. The van der Waals surface area contributed by atoms with E-state index in [1.165, 1.54) is 12.0 Å². The van der Waals surface area contributed by atoms with Crippen LogP contribution in [0.4, 0.5) is 0 Å². The summed E-state index contributed by atoms with van der Waals surface area (Å²) in [5, 5.41) is 0. The predicted octanol–water partition coefficient (Wildman–Crippen LogP) is -1.12. The highest BCUT2D eigenvalue weighted by atomic mass is 16.5. The first kappa shape index (κ1) is 11.5. The number of carbonyl (C=O) groups is 3. The van der Waals surface area contributed by atoms with Gasteiger partial charge in [0.2, 0.25) is 11.8 Å². The predicted molar refractivity (Wildman–Crippen MR) is 50.5 cm³/mol. The van der Waals surface area contributed by atoms with E-state index in [1.54, 1.807) is 6.92 Å². The maximum atomic E-state index is 11.5. The van der Waals surface area contributed by atoms with E-state index in [1.807, 2.05) is 0 Å². The Hall–Kier alpha value is -1.59. The van der Waals surface area contributed by atoms with Crippen LogP contribution >= 0.6 is 0 Å². The zero-order valence-corrected chi connectivity index (χ0v) is 8.73. The van der Waals surface area contributed by atoms with Gasteiger partial charge >= 0.3 is 5.97 Å². The average molecular weight is 214 g/mol. The van der Waals surface area contributed by atoms with Gasteiger partial charge in [0.05, 0.1) is 13.0 Å². The first-order chi connectivity index (χ1) is 6.97. The molecule has 1 heterocycles. The second-order valence-electron chi connectivity index (χ2n) is 3.55. The molecule has 0 saturated carbocycles. The van der Waals surface area contributed by atoms with Crippen LogP contribution in [-0.2, 0) is 19.1 Å². The maximum Gasteiger partial charge on any atom is 0.310 e. The van der Waals surface area contributed by atoms with Crippen molar-refractivity contribution in [1.82, 2.24) is 4.90 Å². The summed E-state index contributed by atoms with van der Waals surface area (Å²) in [5.41, 5.74) is 5.08. The summed E-state index contributed by atoms with van der Waals surface area (Å²) in [4.78, 5) is 34.8. The van der Waals surface area contributed by atoms with Crippen molar-refractivity contribution in [2.24, 2.45) is 11.7 Å². The lowest BCUT2D eigenvalue weighted by molar-refractivity contribution is -0.145. The molecule has 6 nitrogen and oxygen atoms in total. The van der Waals surface area contributed by atoms with Gasteiger partial charge in [-0.25, -0.2) is 0 Å². The molecule has 0 bridgehead atoms. The SMILES string of the molecule is COC(=O)C1CC(=O)N(C(C)C(N)=O)C1. The highest BCUT2D eigenvalue weighted by Crippen LogP contribution is 2.20. The highest BCUT2D eigenvalue weighted by molar-refractivity contribution is 5.91. The molecule has 2 unspecified atom stereocenters. The smallest absolute Gasteiger partial charge is 0.310 e. The molecule has 0 spiro atoms. The Labute approximate surface area is 87.4 Å². The summed E-state index contributed by atoms with van der Waals surface area (Å²) < 4.78 is 4.54. The Bertz CT molecular complexity index is 302. The van der Waals surface area contributed by atoms with E-state index in [-0.39, 0.29) is 18.9 Å². The fourth-order valence-electron chi connectivity index (χ4n) is 1.58. The van der Waals surface area contributed by atoms with Crippen LogP contribution in [0.2, 0.25) is 0 Å². The molecule has 1 fully saturated rings. The van der Waals surface area contributed by atoms with Crippen molar-refractivity contribution in [3.63, 3.8) is 0 Å². The van der Waals surface area contributed by atoms with Crippen LogP contribution in [0.15, 0.2) is 0 Å².